The van der Waals surface area contributed by atoms with Crippen molar-refractivity contribution >= 4 is 23.2 Å². The molecule has 2 fully saturated rings. The van der Waals surface area contributed by atoms with Crippen molar-refractivity contribution in [3.05, 3.63) is 57.6 Å². The third-order valence-corrected chi connectivity index (χ3v) is 6.39. The predicted octanol–water partition coefficient (Wildman–Crippen LogP) is 6.63. The number of hydrogen-bond donors (Lipinski definition) is 0. The van der Waals surface area contributed by atoms with Crippen LogP contribution in [0.4, 0.5) is 0 Å². The molecule has 4 rings (SSSR count). The lowest BCUT2D eigenvalue weighted by Gasteiger charge is -2.28. The molecule has 0 aromatic heterocycles. The maximum Gasteiger partial charge on any atom is 0.0426 e. The minimum absolute atomic E-state index is 0.696. The van der Waals surface area contributed by atoms with Crippen LogP contribution in [0.1, 0.15) is 49.7 Å². The molecule has 2 aliphatic heterocycles. The third-order valence-electron chi connectivity index (χ3n) is 5.96. The fourth-order valence-corrected chi connectivity index (χ4v) is 5.11. The van der Waals surface area contributed by atoms with Gasteiger partial charge in [0.05, 0.1) is 0 Å². The average Bonchev–Trinajstić information content (AvgIpc) is 2.69. The van der Waals surface area contributed by atoms with E-state index in [1.807, 2.05) is 12.1 Å². The van der Waals surface area contributed by atoms with Gasteiger partial charge in [-0.25, -0.2) is 0 Å². The molecule has 2 nitrogen and oxygen atoms in total. The van der Waals surface area contributed by atoms with Gasteiger partial charge >= 0.3 is 0 Å². The van der Waals surface area contributed by atoms with Crippen molar-refractivity contribution in [2.45, 2.75) is 51.6 Å². The smallest absolute Gasteiger partial charge is 0.0426 e. The highest BCUT2D eigenvalue weighted by molar-refractivity contribution is 6.35. The largest absolute Gasteiger partial charge is 0.299 e. The fraction of sp³-hybridized carbons (Fsp3) is 0.500. The first-order valence-electron chi connectivity index (χ1n) is 10.7. The van der Waals surface area contributed by atoms with Crippen LogP contribution < -0.4 is 0 Å². The molecule has 150 valence electrons. The molecule has 0 atom stereocenters. The summed E-state index contributed by atoms with van der Waals surface area (Å²) < 4.78 is 0. The second-order valence-corrected chi connectivity index (χ2v) is 9.24. The molecule has 2 aromatic carbocycles. The molecule has 0 amide bonds. The number of benzene rings is 2. The zero-order valence-electron chi connectivity index (χ0n) is 16.6. The molecular weight excluding hydrogens is 387 g/mol. The highest BCUT2D eigenvalue weighted by atomic mass is 35.5. The number of nitrogens with zero attached hydrogens (tertiary/aromatic N) is 2. The predicted molar refractivity (Wildman–Crippen MR) is 120 cm³/mol. The average molecular weight is 417 g/mol. The first-order chi connectivity index (χ1) is 13.7. The molecule has 0 radical (unpaired) electrons. The third kappa shape index (κ3) is 5.51. The summed E-state index contributed by atoms with van der Waals surface area (Å²) in [5.74, 6) is 0. The minimum atomic E-state index is 0.696. The van der Waals surface area contributed by atoms with Crippen molar-refractivity contribution < 1.29 is 0 Å². The van der Waals surface area contributed by atoms with Crippen LogP contribution >= 0.6 is 23.2 Å². The number of halogens is 2. The van der Waals surface area contributed by atoms with Gasteiger partial charge in [-0.15, -0.1) is 0 Å². The lowest BCUT2D eigenvalue weighted by molar-refractivity contribution is 0.217. The highest BCUT2D eigenvalue weighted by Crippen LogP contribution is 2.30. The Kier molecular flexibility index (Phi) is 6.95. The molecule has 0 bridgehead atoms. The van der Waals surface area contributed by atoms with E-state index in [0.717, 1.165) is 18.7 Å². The molecule has 2 aromatic rings. The molecule has 28 heavy (non-hydrogen) atoms. The van der Waals surface area contributed by atoms with Gasteiger partial charge in [0.25, 0.3) is 0 Å². The summed E-state index contributed by atoms with van der Waals surface area (Å²) in [7, 11) is 0. The highest BCUT2D eigenvalue weighted by Gasteiger charge is 2.15. The quantitative estimate of drug-likeness (QED) is 0.539. The minimum Gasteiger partial charge on any atom is -0.299 e. The molecule has 0 saturated carbocycles. The van der Waals surface area contributed by atoms with Crippen molar-refractivity contribution in [2.75, 3.05) is 26.2 Å². The fourth-order valence-electron chi connectivity index (χ4n) is 4.58. The topological polar surface area (TPSA) is 6.48 Å². The first-order valence-corrected chi connectivity index (χ1v) is 11.5. The number of rotatable bonds is 5. The molecule has 2 aliphatic rings. The lowest BCUT2D eigenvalue weighted by Crippen LogP contribution is -2.30. The Labute approximate surface area is 179 Å². The molecule has 0 spiro atoms. The van der Waals surface area contributed by atoms with Crippen LogP contribution in [0.3, 0.4) is 0 Å². The molecule has 0 aliphatic carbocycles. The second-order valence-electron chi connectivity index (χ2n) is 8.37. The molecule has 2 heterocycles. The van der Waals surface area contributed by atoms with E-state index in [1.54, 1.807) is 6.07 Å². The Morgan fingerprint density at radius 1 is 0.536 bits per heavy atom. The summed E-state index contributed by atoms with van der Waals surface area (Å²) in [6, 6.07) is 12.9. The maximum atomic E-state index is 6.29. The Bertz CT molecular complexity index is 735. The van der Waals surface area contributed by atoms with Crippen LogP contribution in [0, 0.1) is 0 Å². The normalized spacial score (nSPS) is 19.1. The van der Waals surface area contributed by atoms with Crippen molar-refractivity contribution in [2.24, 2.45) is 0 Å². The summed E-state index contributed by atoms with van der Waals surface area (Å²) in [4.78, 5) is 5.19. The summed E-state index contributed by atoms with van der Waals surface area (Å²) in [6.07, 6.45) is 8.04. The summed E-state index contributed by atoms with van der Waals surface area (Å²) in [5, 5.41) is 1.39. The van der Waals surface area contributed by atoms with Gasteiger partial charge in [-0.1, -0.05) is 42.1 Å². The van der Waals surface area contributed by atoms with Gasteiger partial charge in [-0.05, 0) is 104 Å². The Balaban J connectivity index is 1.63. The van der Waals surface area contributed by atoms with Gasteiger partial charge < -0.3 is 0 Å². The molecule has 2 saturated heterocycles. The van der Waals surface area contributed by atoms with E-state index in [1.165, 1.54) is 81.4 Å². The Hall–Kier alpha value is -1.06. The van der Waals surface area contributed by atoms with Gasteiger partial charge in [0.2, 0.25) is 0 Å². The van der Waals surface area contributed by atoms with Gasteiger partial charge in [-0.2, -0.15) is 0 Å². The van der Waals surface area contributed by atoms with Crippen LogP contribution in [0.5, 0.6) is 0 Å². The van der Waals surface area contributed by atoms with Crippen molar-refractivity contribution in [1.29, 1.82) is 0 Å². The van der Waals surface area contributed by atoms with Crippen LogP contribution in [-0.2, 0) is 13.1 Å². The zero-order valence-corrected chi connectivity index (χ0v) is 18.1. The van der Waals surface area contributed by atoms with Gasteiger partial charge in [-0.3, -0.25) is 9.80 Å². The van der Waals surface area contributed by atoms with E-state index in [9.17, 15) is 0 Å². The van der Waals surface area contributed by atoms with Crippen LogP contribution in [0.2, 0.25) is 10.0 Å². The van der Waals surface area contributed by atoms with Crippen molar-refractivity contribution in [1.82, 2.24) is 9.80 Å². The van der Waals surface area contributed by atoms with Gasteiger partial charge in [0, 0.05) is 23.1 Å². The summed E-state index contributed by atoms with van der Waals surface area (Å²) in [5.41, 5.74) is 5.15. The molecule has 4 heteroatoms. The maximum absolute atomic E-state index is 6.29. The second kappa shape index (κ2) is 9.63. The molecule has 0 N–H and O–H groups in total. The van der Waals surface area contributed by atoms with E-state index in [-0.39, 0.29) is 0 Å². The van der Waals surface area contributed by atoms with E-state index in [2.05, 4.69) is 28.0 Å². The Morgan fingerprint density at radius 3 is 1.43 bits per heavy atom. The number of hydrogen-bond acceptors (Lipinski definition) is 2. The number of likely N-dealkylation sites (tertiary alicyclic amines) is 2. The van der Waals surface area contributed by atoms with E-state index >= 15 is 0 Å². The van der Waals surface area contributed by atoms with E-state index in [4.69, 9.17) is 23.2 Å². The van der Waals surface area contributed by atoms with Gasteiger partial charge in [0.15, 0.2) is 0 Å². The monoisotopic (exact) mass is 416 g/mol. The van der Waals surface area contributed by atoms with Gasteiger partial charge in [0.1, 0.15) is 0 Å². The van der Waals surface area contributed by atoms with Crippen LogP contribution in [-0.4, -0.2) is 36.0 Å². The molecular formula is C24H30Cl2N2. The SMILES string of the molecule is Clc1cc(Cl)cc(-c2cc(CN3CCCCC3)cc(CN3CCCCC3)c2)c1. The number of piperidine rings is 2. The van der Waals surface area contributed by atoms with Crippen molar-refractivity contribution in [3.63, 3.8) is 0 Å². The van der Waals surface area contributed by atoms with E-state index in [0.29, 0.717) is 10.0 Å². The first kappa shape index (κ1) is 20.2. The standard InChI is InChI=1S/C24H30Cl2N2/c25-23-14-22(15-24(26)16-23)21-12-19(17-27-7-3-1-4-8-27)11-20(13-21)18-28-9-5-2-6-10-28/h11-16H,1-10,17-18H2. The molecule has 0 unspecified atom stereocenters. The van der Waals surface area contributed by atoms with E-state index < -0.39 is 0 Å². The lowest BCUT2D eigenvalue weighted by atomic mass is 9.98. The van der Waals surface area contributed by atoms with Crippen LogP contribution in [0.25, 0.3) is 11.1 Å². The summed E-state index contributed by atoms with van der Waals surface area (Å²) in [6.45, 7) is 6.94. The summed E-state index contributed by atoms with van der Waals surface area (Å²) >= 11 is 12.6. The Morgan fingerprint density at radius 2 is 0.964 bits per heavy atom. The van der Waals surface area contributed by atoms with Crippen LogP contribution in [0.15, 0.2) is 36.4 Å². The zero-order chi connectivity index (χ0) is 19.3. The van der Waals surface area contributed by atoms with Crippen molar-refractivity contribution in [3.8, 4) is 11.1 Å².